The second kappa shape index (κ2) is 11.3. The minimum absolute atomic E-state index is 0.0716. The van der Waals surface area contributed by atoms with Crippen molar-refractivity contribution in [1.82, 2.24) is 14.1 Å². The molecule has 0 radical (unpaired) electrons. The van der Waals surface area contributed by atoms with Gasteiger partial charge in [-0.3, -0.25) is 9.69 Å². The fourth-order valence-electron chi connectivity index (χ4n) is 4.54. The molecule has 0 unspecified atom stereocenters. The Hall–Kier alpha value is -2.75. The van der Waals surface area contributed by atoms with E-state index in [1.165, 1.54) is 34.1 Å². The maximum Gasteiger partial charge on any atom is 0.338 e. The average Bonchev–Trinajstić information content (AvgIpc) is 2.90. The molecule has 2 heterocycles. The number of carbonyl (C=O) groups is 2. The Morgan fingerprint density at radius 2 is 1.57 bits per heavy atom. The summed E-state index contributed by atoms with van der Waals surface area (Å²) in [5.74, 6) is -0.945. The molecule has 8 nitrogen and oxygen atoms in total. The van der Waals surface area contributed by atoms with E-state index in [1.54, 1.807) is 11.8 Å². The molecule has 0 bridgehead atoms. The third-order valence-corrected chi connectivity index (χ3v) is 8.48. The number of hydrogen-bond acceptors (Lipinski definition) is 6. The summed E-state index contributed by atoms with van der Waals surface area (Å²) in [4.78, 5) is 29.7. The molecule has 4 rings (SSSR count). The van der Waals surface area contributed by atoms with Gasteiger partial charge in [0.1, 0.15) is 0 Å². The van der Waals surface area contributed by atoms with E-state index in [2.05, 4.69) is 17.0 Å². The summed E-state index contributed by atoms with van der Waals surface area (Å²) in [6.45, 7) is 6.00. The smallest absolute Gasteiger partial charge is 0.338 e. The van der Waals surface area contributed by atoms with Crippen molar-refractivity contribution in [3.63, 3.8) is 0 Å². The van der Waals surface area contributed by atoms with Crippen LogP contribution in [-0.2, 0) is 26.1 Å². The van der Waals surface area contributed by atoms with Gasteiger partial charge in [0.25, 0.3) is 5.91 Å². The average molecular weight is 500 g/mol. The van der Waals surface area contributed by atoms with Crippen LogP contribution in [0.1, 0.15) is 42.1 Å². The number of rotatable bonds is 7. The monoisotopic (exact) mass is 499 g/mol. The van der Waals surface area contributed by atoms with Crippen molar-refractivity contribution >= 4 is 21.9 Å². The molecule has 188 valence electrons. The van der Waals surface area contributed by atoms with Crippen LogP contribution in [0.15, 0.2) is 59.5 Å². The van der Waals surface area contributed by atoms with Gasteiger partial charge in [-0.1, -0.05) is 42.8 Å². The molecule has 2 aliphatic rings. The lowest BCUT2D eigenvalue weighted by atomic mass is 10.2. The van der Waals surface area contributed by atoms with E-state index in [4.69, 9.17) is 4.74 Å². The number of piperidine rings is 1. The highest BCUT2D eigenvalue weighted by Crippen LogP contribution is 2.22. The Morgan fingerprint density at radius 3 is 2.26 bits per heavy atom. The predicted molar refractivity (Wildman–Crippen MR) is 132 cm³/mol. The van der Waals surface area contributed by atoms with Crippen molar-refractivity contribution in [2.24, 2.45) is 0 Å². The topological polar surface area (TPSA) is 87.2 Å². The van der Waals surface area contributed by atoms with Gasteiger partial charge in [-0.25, -0.2) is 13.2 Å². The zero-order valence-electron chi connectivity index (χ0n) is 20.1. The molecule has 2 aliphatic heterocycles. The third-order valence-electron chi connectivity index (χ3n) is 6.59. The van der Waals surface area contributed by atoms with Gasteiger partial charge in [-0.2, -0.15) is 4.31 Å². The molecule has 0 aromatic heterocycles. The van der Waals surface area contributed by atoms with Crippen LogP contribution in [0.2, 0.25) is 0 Å². The van der Waals surface area contributed by atoms with E-state index >= 15 is 0 Å². The SMILES string of the molecule is C[C@@H](OC(=O)c1cccc(S(=O)(=O)N2CCCCC2)c1)C(=O)N1CCN(Cc2ccccc2)CC1. The fraction of sp³-hybridized carbons (Fsp3) is 0.462. The van der Waals surface area contributed by atoms with E-state index in [9.17, 15) is 18.0 Å². The Labute approximate surface area is 207 Å². The Morgan fingerprint density at radius 1 is 0.886 bits per heavy atom. The number of piperazine rings is 1. The van der Waals surface area contributed by atoms with Crippen LogP contribution in [0.4, 0.5) is 0 Å². The second-order valence-electron chi connectivity index (χ2n) is 9.13. The summed E-state index contributed by atoms with van der Waals surface area (Å²) >= 11 is 0. The van der Waals surface area contributed by atoms with Gasteiger partial charge in [0.15, 0.2) is 6.10 Å². The van der Waals surface area contributed by atoms with Gasteiger partial charge >= 0.3 is 5.97 Å². The van der Waals surface area contributed by atoms with Crippen LogP contribution < -0.4 is 0 Å². The zero-order chi connectivity index (χ0) is 24.8. The maximum atomic E-state index is 12.9. The molecule has 1 atom stereocenters. The summed E-state index contributed by atoms with van der Waals surface area (Å²) in [5.41, 5.74) is 1.36. The normalized spacial score (nSPS) is 18.7. The van der Waals surface area contributed by atoms with Crippen LogP contribution >= 0.6 is 0 Å². The van der Waals surface area contributed by atoms with E-state index in [-0.39, 0.29) is 16.4 Å². The van der Waals surface area contributed by atoms with E-state index in [0.717, 1.165) is 38.9 Å². The molecule has 0 N–H and O–H groups in total. The highest BCUT2D eigenvalue weighted by molar-refractivity contribution is 7.89. The summed E-state index contributed by atoms with van der Waals surface area (Å²) in [5, 5.41) is 0. The molecular weight excluding hydrogens is 466 g/mol. The number of benzene rings is 2. The first kappa shape index (κ1) is 25.3. The van der Waals surface area contributed by atoms with Crippen molar-refractivity contribution in [2.75, 3.05) is 39.3 Å². The van der Waals surface area contributed by atoms with Gasteiger partial charge < -0.3 is 9.64 Å². The molecule has 2 aromatic rings. The second-order valence-corrected chi connectivity index (χ2v) is 11.1. The van der Waals surface area contributed by atoms with Crippen molar-refractivity contribution in [3.8, 4) is 0 Å². The van der Waals surface area contributed by atoms with E-state index in [1.807, 2.05) is 18.2 Å². The van der Waals surface area contributed by atoms with Crippen LogP contribution in [0.3, 0.4) is 0 Å². The largest absolute Gasteiger partial charge is 0.449 e. The molecule has 9 heteroatoms. The first-order valence-electron chi connectivity index (χ1n) is 12.2. The summed E-state index contributed by atoms with van der Waals surface area (Å²) in [6, 6.07) is 16.1. The fourth-order valence-corrected chi connectivity index (χ4v) is 6.11. The lowest BCUT2D eigenvalue weighted by Crippen LogP contribution is -2.51. The standard InChI is InChI=1S/C26H33N3O5S/c1-21(25(30)28-17-15-27(16-18-28)20-22-9-4-2-5-10-22)34-26(31)23-11-8-12-24(19-23)35(32,33)29-13-6-3-7-14-29/h2,4-5,8-12,19,21H,3,6-7,13-18,20H2,1H3/t21-/m1/s1. The maximum absolute atomic E-state index is 12.9. The number of amides is 1. The quantitative estimate of drug-likeness (QED) is 0.545. The highest BCUT2D eigenvalue weighted by atomic mass is 32.2. The molecule has 2 saturated heterocycles. The molecular formula is C26H33N3O5S. The van der Waals surface area contributed by atoms with Crippen molar-refractivity contribution in [1.29, 1.82) is 0 Å². The van der Waals surface area contributed by atoms with Gasteiger partial charge in [-0.05, 0) is 43.5 Å². The Bertz CT molecular complexity index is 1120. The predicted octanol–water partition coefficient (Wildman–Crippen LogP) is 2.75. The highest BCUT2D eigenvalue weighted by Gasteiger charge is 2.29. The van der Waals surface area contributed by atoms with Crippen molar-refractivity contribution in [3.05, 3.63) is 65.7 Å². The summed E-state index contributed by atoms with van der Waals surface area (Å²) < 4.78 is 32.8. The number of nitrogens with zero attached hydrogens (tertiary/aromatic N) is 3. The lowest BCUT2D eigenvalue weighted by molar-refractivity contribution is -0.141. The number of sulfonamides is 1. The van der Waals surface area contributed by atoms with Gasteiger partial charge in [0.2, 0.25) is 10.0 Å². The van der Waals surface area contributed by atoms with Crippen molar-refractivity contribution in [2.45, 2.75) is 43.7 Å². The Kier molecular flexibility index (Phi) is 8.20. The minimum Gasteiger partial charge on any atom is -0.449 e. The van der Waals surface area contributed by atoms with Crippen molar-refractivity contribution < 1.29 is 22.7 Å². The van der Waals surface area contributed by atoms with Crippen LogP contribution in [0.25, 0.3) is 0 Å². The first-order valence-corrected chi connectivity index (χ1v) is 13.6. The van der Waals surface area contributed by atoms with Crippen LogP contribution in [0, 0.1) is 0 Å². The van der Waals surface area contributed by atoms with Crippen LogP contribution in [-0.4, -0.2) is 79.8 Å². The molecule has 2 aromatic carbocycles. The zero-order valence-corrected chi connectivity index (χ0v) is 21.0. The summed E-state index contributed by atoms with van der Waals surface area (Å²) in [7, 11) is -3.66. The lowest BCUT2D eigenvalue weighted by Gasteiger charge is -2.35. The Balaban J connectivity index is 1.32. The van der Waals surface area contributed by atoms with Gasteiger partial charge in [0.05, 0.1) is 10.5 Å². The number of esters is 1. The number of hydrogen-bond donors (Lipinski definition) is 0. The van der Waals surface area contributed by atoms with Gasteiger partial charge in [0, 0.05) is 45.8 Å². The molecule has 0 saturated carbocycles. The van der Waals surface area contributed by atoms with E-state index in [0.29, 0.717) is 26.2 Å². The molecule has 2 fully saturated rings. The summed E-state index contributed by atoms with van der Waals surface area (Å²) in [6.07, 6.45) is 1.74. The first-order chi connectivity index (χ1) is 16.8. The van der Waals surface area contributed by atoms with Gasteiger partial charge in [-0.15, -0.1) is 0 Å². The third kappa shape index (κ3) is 6.28. The molecule has 0 spiro atoms. The van der Waals surface area contributed by atoms with Crippen LogP contribution in [0.5, 0.6) is 0 Å². The molecule has 0 aliphatic carbocycles. The minimum atomic E-state index is -3.66. The molecule has 1 amide bonds. The molecule has 35 heavy (non-hydrogen) atoms. The number of ether oxygens (including phenoxy) is 1. The van der Waals surface area contributed by atoms with E-state index < -0.39 is 22.1 Å². The number of carbonyl (C=O) groups excluding carboxylic acids is 2.